The smallest absolute Gasteiger partial charge is 0.0812 e. The van der Waals surface area contributed by atoms with Gasteiger partial charge in [-0.15, -0.1) is 0 Å². The van der Waals surface area contributed by atoms with Crippen LogP contribution in [0.2, 0.25) is 5.02 Å². The van der Waals surface area contributed by atoms with Crippen molar-refractivity contribution >= 4 is 17.3 Å². The molecule has 78 valence electrons. The molecule has 3 N–H and O–H groups in total. The van der Waals surface area contributed by atoms with E-state index in [2.05, 4.69) is 13.8 Å². The van der Waals surface area contributed by atoms with Gasteiger partial charge in [0.1, 0.15) is 0 Å². The van der Waals surface area contributed by atoms with Gasteiger partial charge in [-0.05, 0) is 30.5 Å². The molecule has 2 nitrogen and oxygen atoms in total. The Hall–Kier alpha value is -0.730. The van der Waals surface area contributed by atoms with E-state index in [1.54, 1.807) is 18.2 Å². The maximum Gasteiger partial charge on any atom is 0.0812 e. The van der Waals surface area contributed by atoms with Gasteiger partial charge in [-0.1, -0.05) is 25.4 Å². The van der Waals surface area contributed by atoms with Crippen molar-refractivity contribution in [2.24, 2.45) is 5.92 Å². The number of anilines is 1. The summed E-state index contributed by atoms with van der Waals surface area (Å²) in [7, 11) is 0. The monoisotopic (exact) mass is 213 g/mol. The standard InChI is InChI=1S/C11H16ClNO/c1-7(2)5-11(14)9-6-8(12)3-4-10(9)13/h3-4,6-7,11,14H,5,13H2,1-2H3. The molecule has 0 aliphatic rings. The van der Waals surface area contributed by atoms with Crippen LogP contribution in [0.1, 0.15) is 31.9 Å². The van der Waals surface area contributed by atoms with Gasteiger partial charge in [-0.2, -0.15) is 0 Å². The van der Waals surface area contributed by atoms with Crippen molar-refractivity contribution in [1.29, 1.82) is 0 Å². The quantitative estimate of drug-likeness (QED) is 0.759. The molecule has 1 rings (SSSR count). The van der Waals surface area contributed by atoms with Gasteiger partial charge in [0.2, 0.25) is 0 Å². The van der Waals surface area contributed by atoms with E-state index >= 15 is 0 Å². The molecule has 1 aromatic rings. The average Bonchev–Trinajstić information content (AvgIpc) is 2.08. The van der Waals surface area contributed by atoms with E-state index in [0.717, 1.165) is 5.56 Å². The summed E-state index contributed by atoms with van der Waals surface area (Å²) < 4.78 is 0. The highest BCUT2D eigenvalue weighted by molar-refractivity contribution is 6.30. The fraction of sp³-hybridized carbons (Fsp3) is 0.455. The van der Waals surface area contributed by atoms with Crippen LogP contribution in [-0.2, 0) is 0 Å². The Labute approximate surface area is 89.7 Å². The van der Waals surface area contributed by atoms with Crippen LogP contribution in [0.3, 0.4) is 0 Å². The molecule has 0 bridgehead atoms. The van der Waals surface area contributed by atoms with Gasteiger partial charge in [0, 0.05) is 16.3 Å². The molecule has 1 unspecified atom stereocenters. The minimum atomic E-state index is -0.520. The average molecular weight is 214 g/mol. The van der Waals surface area contributed by atoms with E-state index in [1.807, 2.05) is 0 Å². The zero-order valence-corrected chi connectivity index (χ0v) is 9.25. The molecule has 0 aromatic heterocycles. The van der Waals surface area contributed by atoms with Gasteiger partial charge in [0.15, 0.2) is 0 Å². The van der Waals surface area contributed by atoms with Crippen LogP contribution in [0, 0.1) is 5.92 Å². The summed E-state index contributed by atoms with van der Waals surface area (Å²) in [6.07, 6.45) is 0.179. The number of hydrogen-bond donors (Lipinski definition) is 2. The molecule has 0 amide bonds. The number of benzene rings is 1. The molecule has 14 heavy (non-hydrogen) atoms. The van der Waals surface area contributed by atoms with E-state index in [0.29, 0.717) is 23.0 Å². The highest BCUT2D eigenvalue weighted by Gasteiger charge is 2.12. The summed E-state index contributed by atoms with van der Waals surface area (Å²) in [5, 5.41) is 10.5. The summed E-state index contributed by atoms with van der Waals surface area (Å²) in [6, 6.07) is 5.17. The van der Waals surface area contributed by atoms with Crippen molar-refractivity contribution in [1.82, 2.24) is 0 Å². The van der Waals surface area contributed by atoms with Gasteiger partial charge in [-0.3, -0.25) is 0 Å². The third kappa shape index (κ3) is 2.89. The molecule has 1 atom stereocenters. The Morgan fingerprint density at radius 3 is 2.64 bits per heavy atom. The van der Waals surface area contributed by atoms with Crippen LogP contribution in [0.4, 0.5) is 5.69 Å². The molecular weight excluding hydrogens is 198 g/mol. The summed E-state index contributed by atoms with van der Waals surface area (Å²) >= 11 is 5.83. The van der Waals surface area contributed by atoms with Crippen molar-refractivity contribution in [3.05, 3.63) is 28.8 Å². The lowest BCUT2D eigenvalue weighted by molar-refractivity contribution is 0.152. The third-order valence-corrected chi connectivity index (χ3v) is 2.34. The van der Waals surface area contributed by atoms with Crippen molar-refractivity contribution in [3.63, 3.8) is 0 Å². The zero-order chi connectivity index (χ0) is 10.7. The Bertz CT molecular complexity index is 312. The van der Waals surface area contributed by atoms with E-state index in [9.17, 15) is 5.11 Å². The van der Waals surface area contributed by atoms with Crippen molar-refractivity contribution < 1.29 is 5.11 Å². The molecule has 0 radical (unpaired) electrons. The largest absolute Gasteiger partial charge is 0.398 e. The van der Waals surface area contributed by atoms with E-state index in [-0.39, 0.29) is 0 Å². The molecule has 0 fully saturated rings. The van der Waals surface area contributed by atoms with E-state index in [4.69, 9.17) is 17.3 Å². The molecule has 0 saturated carbocycles. The molecule has 0 heterocycles. The number of rotatable bonds is 3. The van der Waals surface area contributed by atoms with Crippen LogP contribution in [0.15, 0.2) is 18.2 Å². The summed E-state index contributed by atoms with van der Waals surface area (Å²) in [5.74, 6) is 0.434. The molecular formula is C11H16ClNO. The first-order valence-electron chi connectivity index (χ1n) is 4.73. The van der Waals surface area contributed by atoms with Crippen molar-refractivity contribution in [2.45, 2.75) is 26.4 Å². The SMILES string of the molecule is CC(C)CC(O)c1cc(Cl)ccc1N. The third-order valence-electron chi connectivity index (χ3n) is 2.10. The topological polar surface area (TPSA) is 46.2 Å². The fourth-order valence-corrected chi connectivity index (χ4v) is 1.59. The van der Waals surface area contributed by atoms with Crippen LogP contribution >= 0.6 is 11.6 Å². The number of halogens is 1. The van der Waals surface area contributed by atoms with Crippen LogP contribution < -0.4 is 5.73 Å². The molecule has 0 aliphatic carbocycles. The highest BCUT2D eigenvalue weighted by atomic mass is 35.5. The maximum atomic E-state index is 9.86. The van der Waals surface area contributed by atoms with Crippen LogP contribution in [0.25, 0.3) is 0 Å². The maximum absolute atomic E-state index is 9.86. The van der Waals surface area contributed by atoms with Gasteiger partial charge < -0.3 is 10.8 Å². The minimum absolute atomic E-state index is 0.434. The summed E-state index contributed by atoms with van der Waals surface area (Å²) in [4.78, 5) is 0. The number of nitrogen functional groups attached to an aromatic ring is 1. The number of hydrogen-bond acceptors (Lipinski definition) is 2. The Kier molecular flexibility index (Phi) is 3.78. The predicted octanol–water partition coefficient (Wildman–Crippen LogP) is 3.00. The van der Waals surface area contributed by atoms with Crippen molar-refractivity contribution in [3.8, 4) is 0 Å². The first-order valence-corrected chi connectivity index (χ1v) is 5.11. The molecule has 0 aliphatic heterocycles. The predicted molar refractivity (Wildman–Crippen MR) is 60.3 cm³/mol. The second kappa shape index (κ2) is 4.67. The second-order valence-electron chi connectivity index (χ2n) is 3.92. The molecule has 0 saturated heterocycles. The van der Waals surface area contributed by atoms with Gasteiger partial charge >= 0.3 is 0 Å². The Morgan fingerprint density at radius 1 is 1.43 bits per heavy atom. The van der Waals surface area contributed by atoms with Crippen LogP contribution in [-0.4, -0.2) is 5.11 Å². The molecule has 1 aromatic carbocycles. The number of aliphatic hydroxyl groups is 1. The highest BCUT2D eigenvalue weighted by Crippen LogP contribution is 2.28. The van der Waals surface area contributed by atoms with Crippen molar-refractivity contribution in [2.75, 3.05) is 5.73 Å². The molecule has 0 spiro atoms. The lowest BCUT2D eigenvalue weighted by Crippen LogP contribution is -2.05. The second-order valence-corrected chi connectivity index (χ2v) is 4.36. The molecule has 3 heteroatoms. The van der Waals surface area contributed by atoms with Crippen LogP contribution in [0.5, 0.6) is 0 Å². The zero-order valence-electron chi connectivity index (χ0n) is 8.50. The van der Waals surface area contributed by atoms with E-state index < -0.39 is 6.10 Å². The summed E-state index contributed by atoms with van der Waals surface area (Å²) in [6.45, 7) is 4.12. The normalized spacial score (nSPS) is 13.2. The van der Waals surface area contributed by atoms with Gasteiger partial charge in [0.25, 0.3) is 0 Å². The van der Waals surface area contributed by atoms with Gasteiger partial charge in [-0.25, -0.2) is 0 Å². The number of nitrogens with two attached hydrogens (primary N) is 1. The Morgan fingerprint density at radius 2 is 2.07 bits per heavy atom. The first-order chi connectivity index (χ1) is 6.50. The number of aliphatic hydroxyl groups excluding tert-OH is 1. The Balaban J connectivity index is 2.88. The lowest BCUT2D eigenvalue weighted by atomic mass is 9.98. The lowest BCUT2D eigenvalue weighted by Gasteiger charge is -2.15. The summed E-state index contributed by atoms with van der Waals surface area (Å²) in [5.41, 5.74) is 7.07. The van der Waals surface area contributed by atoms with E-state index in [1.165, 1.54) is 0 Å². The fourth-order valence-electron chi connectivity index (χ4n) is 1.41. The van der Waals surface area contributed by atoms with Gasteiger partial charge in [0.05, 0.1) is 6.10 Å². The first kappa shape index (κ1) is 11.3. The minimum Gasteiger partial charge on any atom is -0.398 e.